The van der Waals surface area contributed by atoms with Gasteiger partial charge in [-0.1, -0.05) is 17.8 Å². The molecule has 3 aromatic heterocycles. The zero-order valence-corrected chi connectivity index (χ0v) is 17.6. The normalized spacial score (nSPS) is 16.4. The number of thiophene rings is 1. The first-order chi connectivity index (χ1) is 14.7. The molecule has 5 rings (SSSR count). The zero-order chi connectivity index (χ0) is 20.5. The van der Waals surface area contributed by atoms with Crippen molar-refractivity contribution in [1.29, 1.82) is 0 Å². The van der Waals surface area contributed by atoms with Gasteiger partial charge in [0.05, 0.1) is 29.1 Å². The van der Waals surface area contributed by atoms with Gasteiger partial charge in [0.2, 0.25) is 5.91 Å². The first-order valence-corrected chi connectivity index (χ1v) is 11.5. The number of rotatable bonds is 5. The predicted octanol–water partition coefficient (Wildman–Crippen LogP) is 4.47. The molecule has 1 saturated heterocycles. The molecule has 4 heterocycles. The lowest BCUT2D eigenvalue weighted by molar-refractivity contribution is -0.129. The SMILES string of the molecule is O=C(CSc1ncnc2c1cnn2-c1ccc(F)cc1)N1CCC[C@H]1c1cccs1. The third-order valence-corrected chi connectivity index (χ3v) is 7.14. The molecular formula is C21H18FN5OS2. The van der Waals surface area contributed by atoms with Crippen LogP contribution >= 0.6 is 23.1 Å². The van der Waals surface area contributed by atoms with Crippen LogP contribution in [0.3, 0.4) is 0 Å². The van der Waals surface area contributed by atoms with E-state index in [1.54, 1.807) is 34.3 Å². The van der Waals surface area contributed by atoms with Crippen molar-refractivity contribution in [3.8, 4) is 5.69 Å². The molecule has 1 amide bonds. The summed E-state index contributed by atoms with van der Waals surface area (Å²) >= 11 is 3.11. The van der Waals surface area contributed by atoms with Gasteiger partial charge < -0.3 is 4.90 Å². The minimum Gasteiger partial charge on any atom is -0.334 e. The highest BCUT2D eigenvalue weighted by atomic mass is 32.2. The number of nitrogens with zero attached hydrogens (tertiary/aromatic N) is 5. The molecule has 1 aliphatic heterocycles. The number of hydrogen-bond acceptors (Lipinski definition) is 6. The molecule has 0 saturated carbocycles. The van der Waals surface area contributed by atoms with Gasteiger partial charge in [0.25, 0.3) is 0 Å². The molecule has 1 fully saturated rings. The van der Waals surface area contributed by atoms with Crippen molar-refractivity contribution in [3.63, 3.8) is 0 Å². The summed E-state index contributed by atoms with van der Waals surface area (Å²) in [5.41, 5.74) is 1.34. The van der Waals surface area contributed by atoms with Crippen LogP contribution in [-0.2, 0) is 4.79 Å². The molecule has 0 bridgehead atoms. The third-order valence-electron chi connectivity index (χ3n) is 5.18. The van der Waals surface area contributed by atoms with Gasteiger partial charge in [0, 0.05) is 11.4 Å². The van der Waals surface area contributed by atoms with Crippen LogP contribution in [0.1, 0.15) is 23.8 Å². The van der Waals surface area contributed by atoms with Gasteiger partial charge in [-0.2, -0.15) is 5.10 Å². The van der Waals surface area contributed by atoms with Gasteiger partial charge in [-0.15, -0.1) is 11.3 Å². The number of fused-ring (bicyclic) bond motifs is 1. The van der Waals surface area contributed by atoms with E-state index in [2.05, 4.69) is 26.5 Å². The Morgan fingerprint density at radius 3 is 2.90 bits per heavy atom. The maximum absolute atomic E-state index is 13.2. The Morgan fingerprint density at radius 1 is 1.23 bits per heavy atom. The summed E-state index contributed by atoms with van der Waals surface area (Å²) < 4.78 is 14.9. The van der Waals surface area contributed by atoms with Crippen molar-refractivity contribution in [2.24, 2.45) is 0 Å². The highest BCUT2D eigenvalue weighted by molar-refractivity contribution is 8.00. The Balaban J connectivity index is 1.35. The summed E-state index contributed by atoms with van der Waals surface area (Å²) in [6.45, 7) is 0.795. The van der Waals surface area contributed by atoms with Crippen molar-refractivity contribution in [2.45, 2.75) is 23.9 Å². The van der Waals surface area contributed by atoms with Crippen LogP contribution in [0.2, 0.25) is 0 Å². The molecule has 0 radical (unpaired) electrons. The Kier molecular flexibility index (Phi) is 5.22. The van der Waals surface area contributed by atoms with Gasteiger partial charge >= 0.3 is 0 Å². The summed E-state index contributed by atoms with van der Waals surface area (Å²) in [5.74, 6) is 0.131. The number of hydrogen-bond donors (Lipinski definition) is 0. The molecule has 9 heteroatoms. The van der Waals surface area contributed by atoms with E-state index in [-0.39, 0.29) is 17.8 Å². The minimum absolute atomic E-state index is 0.119. The second-order valence-electron chi connectivity index (χ2n) is 7.00. The fourth-order valence-corrected chi connectivity index (χ4v) is 5.48. The summed E-state index contributed by atoms with van der Waals surface area (Å²) in [5, 5.41) is 7.94. The second-order valence-corrected chi connectivity index (χ2v) is 8.94. The van der Waals surface area contributed by atoms with Crippen LogP contribution in [-0.4, -0.2) is 42.9 Å². The maximum Gasteiger partial charge on any atom is 0.233 e. The van der Waals surface area contributed by atoms with Crippen LogP contribution in [0.5, 0.6) is 0 Å². The van der Waals surface area contributed by atoms with E-state index in [4.69, 9.17) is 0 Å². The van der Waals surface area contributed by atoms with E-state index < -0.39 is 0 Å². The Morgan fingerprint density at radius 2 is 2.10 bits per heavy atom. The summed E-state index contributed by atoms with van der Waals surface area (Å²) in [6.07, 6.45) is 5.21. The van der Waals surface area contributed by atoms with E-state index in [0.717, 1.165) is 24.8 Å². The molecule has 0 spiro atoms. The molecule has 6 nitrogen and oxygen atoms in total. The van der Waals surface area contributed by atoms with Crippen molar-refractivity contribution >= 4 is 40.0 Å². The van der Waals surface area contributed by atoms with Gasteiger partial charge in [0.15, 0.2) is 5.65 Å². The van der Waals surface area contributed by atoms with Crippen molar-refractivity contribution in [3.05, 3.63) is 65.0 Å². The molecule has 0 N–H and O–H groups in total. The van der Waals surface area contributed by atoms with E-state index in [0.29, 0.717) is 22.1 Å². The molecule has 0 unspecified atom stereocenters. The molecule has 0 aliphatic carbocycles. The first-order valence-electron chi connectivity index (χ1n) is 9.61. The van der Waals surface area contributed by atoms with Crippen molar-refractivity contribution in [1.82, 2.24) is 24.6 Å². The fraction of sp³-hybridized carbons (Fsp3) is 0.238. The van der Waals surface area contributed by atoms with E-state index in [9.17, 15) is 9.18 Å². The van der Waals surface area contributed by atoms with Crippen LogP contribution in [0.15, 0.2) is 59.3 Å². The van der Waals surface area contributed by atoms with Gasteiger partial charge in [-0.05, 0) is 48.6 Å². The number of benzene rings is 1. The highest BCUT2D eigenvalue weighted by Crippen LogP contribution is 2.35. The number of thioether (sulfide) groups is 1. The number of likely N-dealkylation sites (tertiary alicyclic amines) is 1. The largest absolute Gasteiger partial charge is 0.334 e. The van der Waals surface area contributed by atoms with E-state index in [1.807, 2.05) is 11.0 Å². The maximum atomic E-state index is 13.2. The van der Waals surface area contributed by atoms with Crippen LogP contribution in [0.4, 0.5) is 4.39 Å². The number of carbonyl (C=O) groups excluding carboxylic acids is 1. The van der Waals surface area contributed by atoms with Crippen molar-refractivity contribution in [2.75, 3.05) is 12.3 Å². The predicted molar refractivity (Wildman–Crippen MR) is 115 cm³/mol. The van der Waals surface area contributed by atoms with Crippen molar-refractivity contribution < 1.29 is 9.18 Å². The lowest BCUT2D eigenvalue weighted by Gasteiger charge is -2.23. The molecular weight excluding hydrogens is 421 g/mol. The molecule has 30 heavy (non-hydrogen) atoms. The molecule has 1 aliphatic rings. The Labute approximate surface area is 180 Å². The van der Waals surface area contributed by atoms with Gasteiger partial charge in [-0.3, -0.25) is 4.79 Å². The first kappa shape index (κ1) is 19.2. The lowest BCUT2D eigenvalue weighted by Crippen LogP contribution is -2.31. The standard InChI is InChI=1S/C21H18FN5OS2/c22-14-5-7-15(8-6-14)27-20-16(11-25-27)21(24-13-23-20)30-12-19(28)26-9-1-3-17(26)18-4-2-10-29-18/h2,4-8,10-11,13,17H,1,3,9,12H2/t17-/m0/s1. The highest BCUT2D eigenvalue weighted by Gasteiger charge is 2.30. The van der Waals surface area contributed by atoms with E-state index >= 15 is 0 Å². The summed E-state index contributed by atoms with van der Waals surface area (Å²) in [7, 11) is 0. The van der Waals surface area contributed by atoms with E-state index in [1.165, 1.54) is 35.1 Å². The monoisotopic (exact) mass is 439 g/mol. The fourth-order valence-electron chi connectivity index (χ4n) is 3.76. The number of aromatic nitrogens is 4. The van der Waals surface area contributed by atoms with Crippen LogP contribution in [0, 0.1) is 5.82 Å². The average molecular weight is 440 g/mol. The number of amides is 1. The quantitative estimate of drug-likeness (QED) is 0.339. The molecule has 1 aromatic carbocycles. The molecule has 1 atom stereocenters. The summed E-state index contributed by atoms with van der Waals surface area (Å²) in [4.78, 5) is 24.9. The zero-order valence-electron chi connectivity index (χ0n) is 15.9. The van der Waals surface area contributed by atoms with Crippen LogP contribution in [0.25, 0.3) is 16.7 Å². The topological polar surface area (TPSA) is 63.9 Å². The lowest BCUT2D eigenvalue weighted by atomic mass is 10.2. The van der Waals surface area contributed by atoms with Gasteiger partial charge in [-0.25, -0.2) is 19.0 Å². The number of carbonyl (C=O) groups is 1. The molecule has 152 valence electrons. The number of halogens is 1. The van der Waals surface area contributed by atoms with Gasteiger partial charge in [0.1, 0.15) is 17.2 Å². The Hall–Kier alpha value is -2.78. The Bertz CT molecular complexity index is 1180. The molecule has 4 aromatic rings. The smallest absolute Gasteiger partial charge is 0.233 e. The summed E-state index contributed by atoms with van der Waals surface area (Å²) in [6, 6.07) is 10.4. The van der Waals surface area contributed by atoms with Crippen LogP contribution < -0.4 is 0 Å². The minimum atomic E-state index is -0.303. The average Bonchev–Trinajstić information content (AvgIpc) is 3.52. The second kappa shape index (κ2) is 8.16. The third kappa shape index (κ3) is 3.59.